The standard InChI is InChI=1S/C16H17BrN2O4S2/c1-10-3-6-16(14(17)7-10)25(22,23)19-11(2)8-12-9-13(24(18,20)21)4-5-15(12)19/h3-7,9,11H,8H2,1-2H3,(H2,18,20,21). The van der Waals surface area contributed by atoms with Crippen molar-refractivity contribution in [3.05, 3.63) is 52.0 Å². The lowest BCUT2D eigenvalue weighted by atomic mass is 10.1. The number of anilines is 1. The molecule has 2 N–H and O–H groups in total. The van der Waals surface area contributed by atoms with Crippen LogP contribution in [0.2, 0.25) is 0 Å². The summed E-state index contributed by atoms with van der Waals surface area (Å²) in [6, 6.07) is 9.00. The minimum Gasteiger partial charge on any atom is -0.263 e. The number of benzene rings is 2. The van der Waals surface area contributed by atoms with E-state index in [2.05, 4.69) is 15.9 Å². The molecule has 1 unspecified atom stereocenters. The van der Waals surface area contributed by atoms with E-state index in [1.54, 1.807) is 25.1 Å². The average Bonchev–Trinajstić information content (AvgIpc) is 2.81. The van der Waals surface area contributed by atoms with Crippen LogP contribution in [0.3, 0.4) is 0 Å². The van der Waals surface area contributed by atoms with Gasteiger partial charge in [-0.2, -0.15) is 0 Å². The van der Waals surface area contributed by atoms with Crippen LogP contribution in [-0.4, -0.2) is 22.9 Å². The Balaban J connectivity index is 2.13. The van der Waals surface area contributed by atoms with Crippen molar-refractivity contribution in [1.82, 2.24) is 0 Å². The highest BCUT2D eigenvalue weighted by Gasteiger charge is 2.37. The van der Waals surface area contributed by atoms with Crippen LogP contribution in [0.5, 0.6) is 0 Å². The molecule has 0 amide bonds. The molecule has 0 aliphatic carbocycles. The molecule has 0 saturated heterocycles. The SMILES string of the molecule is Cc1ccc(S(=O)(=O)N2c3ccc(S(N)(=O)=O)cc3CC2C)c(Br)c1. The molecule has 0 spiro atoms. The van der Waals surface area contributed by atoms with Crippen LogP contribution in [0.1, 0.15) is 18.1 Å². The van der Waals surface area contributed by atoms with Gasteiger partial charge >= 0.3 is 0 Å². The number of primary sulfonamides is 1. The van der Waals surface area contributed by atoms with Crippen molar-refractivity contribution in [3.8, 4) is 0 Å². The van der Waals surface area contributed by atoms with Gasteiger partial charge in [0.25, 0.3) is 10.0 Å². The van der Waals surface area contributed by atoms with Crippen molar-refractivity contribution < 1.29 is 16.8 Å². The van der Waals surface area contributed by atoms with Crippen molar-refractivity contribution in [3.63, 3.8) is 0 Å². The van der Waals surface area contributed by atoms with Crippen LogP contribution in [0.4, 0.5) is 5.69 Å². The Morgan fingerprint density at radius 2 is 1.80 bits per heavy atom. The normalized spacial score (nSPS) is 17.6. The van der Waals surface area contributed by atoms with Gasteiger partial charge in [0.1, 0.15) is 4.90 Å². The lowest BCUT2D eigenvalue weighted by Gasteiger charge is -2.25. The molecule has 6 nitrogen and oxygen atoms in total. The molecule has 1 aliphatic rings. The van der Waals surface area contributed by atoms with E-state index in [4.69, 9.17) is 5.14 Å². The maximum absolute atomic E-state index is 13.2. The second kappa shape index (κ2) is 6.08. The van der Waals surface area contributed by atoms with Crippen molar-refractivity contribution in [2.75, 3.05) is 4.31 Å². The predicted octanol–water partition coefficient (Wildman–Crippen LogP) is 2.54. The molecule has 0 fully saturated rings. The molecule has 0 bridgehead atoms. The van der Waals surface area contributed by atoms with E-state index in [1.807, 2.05) is 6.92 Å². The molecule has 25 heavy (non-hydrogen) atoms. The molecule has 3 rings (SSSR count). The van der Waals surface area contributed by atoms with Crippen LogP contribution in [0.15, 0.2) is 50.7 Å². The van der Waals surface area contributed by atoms with Crippen molar-refractivity contribution in [1.29, 1.82) is 0 Å². The summed E-state index contributed by atoms with van der Waals surface area (Å²) in [7, 11) is -7.63. The largest absolute Gasteiger partial charge is 0.265 e. The second-order valence-corrected chi connectivity index (χ2v) is 10.3. The van der Waals surface area contributed by atoms with Gasteiger partial charge < -0.3 is 0 Å². The second-order valence-electron chi connectivity index (χ2n) is 6.12. The van der Waals surface area contributed by atoms with Gasteiger partial charge in [0.2, 0.25) is 10.0 Å². The van der Waals surface area contributed by atoms with Gasteiger partial charge in [-0.3, -0.25) is 4.31 Å². The van der Waals surface area contributed by atoms with E-state index in [0.29, 0.717) is 22.1 Å². The fourth-order valence-corrected chi connectivity index (χ4v) is 6.46. The lowest BCUT2D eigenvalue weighted by molar-refractivity contribution is 0.583. The first-order valence-corrected chi connectivity index (χ1v) is 11.3. The maximum Gasteiger partial charge on any atom is 0.265 e. The topological polar surface area (TPSA) is 97.5 Å². The van der Waals surface area contributed by atoms with Gasteiger partial charge in [-0.1, -0.05) is 6.07 Å². The van der Waals surface area contributed by atoms with Crippen molar-refractivity contribution in [2.45, 2.75) is 36.1 Å². The monoisotopic (exact) mass is 444 g/mol. The Morgan fingerprint density at radius 3 is 2.40 bits per heavy atom. The van der Waals surface area contributed by atoms with E-state index in [1.165, 1.54) is 22.5 Å². The summed E-state index contributed by atoms with van der Waals surface area (Å²) in [6.45, 7) is 3.67. The molecule has 1 aliphatic heterocycles. The number of fused-ring (bicyclic) bond motifs is 1. The minimum atomic E-state index is -3.83. The van der Waals surface area contributed by atoms with Gasteiger partial charge in [0, 0.05) is 10.5 Å². The molecule has 0 aromatic heterocycles. The third-order valence-electron chi connectivity index (χ3n) is 4.16. The van der Waals surface area contributed by atoms with Crippen LogP contribution in [0, 0.1) is 6.92 Å². The number of halogens is 1. The highest BCUT2D eigenvalue weighted by atomic mass is 79.9. The van der Waals surface area contributed by atoms with Crippen LogP contribution in [-0.2, 0) is 26.5 Å². The quantitative estimate of drug-likeness (QED) is 0.785. The molecular formula is C16H17BrN2O4S2. The zero-order valence-electron chi connectivity index (χ0n) is 13.6. The average molecular weight is 445 g/mol. The fraction of sp³-hybridized carbons (Fsp3) is 0.250. The molecule has 2 aromatic rings. The molecule has 134 valence electrons. The number of nitrogens with zero attached hydrogens (tertiary/aromatic N) is 1. The van der Waals surface area contributed by atoms with E-state index < -0.39 is 20.0 Å². The first-order valence-electron chi connectivity index (χ1n) is 7.48. The Morgan fingerprint density at radius 1 is 1.12 bits per heavy atom. The molecule has 1 atom stereocenters. The van der Waals surface area contributed by atoms with Crippen molar-refractivity contribution in [2.24, 2.45) is 5.14 Å². The smallest absolute Gasteiger partial charge is 0.263 e. The van der Waals surface area contributed by atoms with Gasteiger partial charge in [-0.25, -0.2) is 22.0 Å². The third-order valence-corrected chi connectivity index (χ3v) is 7.97. The van der Waals surface area contributed by atoms with Gasteiger partial charge in [0.15, 0.2) is 0 Å². The van der Waals surface area contributed by atoms with Crippen LogP contribution < -0.4 is 9.44 Å². The maximum atomic E-state index is 13.2. The zero-order chi connectivity index (χ0) is 18.6. The molecule has 9 heteroatoms. The number of hydrogen-bond donors (Lipinski definition) is 1. The Labute approximate surface area is 155 Å². The summed E-state index contributed by atoms with van der Waals surface area (Å²) in [5.74, 6) is 0. The summed E-state index contributed by atoms with van der Waals surface area (Å²) in [6.07, 6.45) is 0.418. The first-order chi connectivity index (χ1) is 11.5. The van der Waals surface area contributed by atoms with Crippen LogP contribution in [0.25, 0.3) is 0 Å². The minimum absolute atomic E-state index is 0.0192. The third kappa shape index (κ3) is 3.21. The summed E-state index contributed by atoms with van der Waals surface area (Å²) < 4.78 is 51.2. The summed E-state index contributed by atoms with van der Waals surface area (Å²) in [5, 5.41) is 5.17. The molecule has 1 heterocycles. The fourth-order valence-electron chi connectivity index (χ4n) is 3.04. The number of rotatable bonds is 3. The van der Waals surface area contributed by atoms with Gasteiger partial charge in [-0.15, -0.1) is 0 Å². The molecule has 0 radical (unpaired) electrons. The van der Waals surface area contributed by atoms with E-state index in [-0.39, 0.29) is 15.8 Å². The predicted molar refractivity (Wildman–Crippen MR) is 99.5 cm³/mol. The summed E-state index contributed by atoms with van der Waals surface area (Å²) in [5.41, 5.74) is 2.07. The zero-order valence-corrected chi connectivity index (χ0v) is 16.8. The number of aryl methyl sites for hydroxylation is 1. The first kappa shape index (κ1) is 18.4. The highest BCUT2D eigenvalue weighted by Crippen LogP contribution is 2.39. The van der Waals surface area contributed by atoms with Gasteiger partial charge in [0.05, 0.1) is 10.6 Å². The molecule has 2 aromatic carbocycles. The highest BCUT2D eigenvalue weighted by molar-refractivity contribution is 9.10. The lowest BCUT2D eigenvalue weighted by Crippen LogP contribution is -2.35. The number of nitrogens with two attached hydrogens (primary N) is 1. The summed E-state index contributed by atoms with van der Waals surface area (Å²) in [4.78, 5) is 0.155. The van der Waals surface area contributed by atoms with E-state index in [0.717, 1.165) is 5.56 Å². The van der Waals surface area contributed by atoms with Crippen molar-refractivity contribution >= 4 is 41.7 Å². The number of hydrogen-bond acceptors (Lipinski definition) is 4. The van der Waals surface area contributed by atoms with E-state index >= 15 is 0 Å². The van der Waals surface area contributed by atoms with Crippen LogP contribution >= 0.6 is 15.9 Å². The van der Waals surface area contributed by atoms with Gasteiger partial charge in [-0.05, 0) is 77.7 Å². The molecular weight excluding hydrogens is 428 g/mol. The Bertz CT molecular complexity index is 1070. The Kier molecular flexibility index (Phi) is 4.47. The molecule has 0 saturated carbocycles. The number of sulfonamides is 2. The summed E-state index contributed by atoms with van der Waals surface area (Å²) >= 11 is 3.33. The van der Waals surface area contributed by atoms with E-state index in [9.17, 15) is 16.8 Å². The Hall–Kier alpha value is -1.42.